The van der Waals surface area contributed by atoms with Crippen LogP contribution in [0.4, 0.5) is 154 Å². The lowest BCUT2D eigenvalue weighted by Gasteiger charge is -2.44. The second-order valence-corrected chi connectivity index (χ2v) is 17.4. The van der Waals surface area contributed by atoms with Gasteiger partial charge >= 0.3 is 103 Å². The summed E-state index contributed by atoms with van der Waals surface area (Å²) in [5, 5.41) is 0.608. The Kier molecular flexibility index (Phi) is 17.4. The van der Waals surface area contributed by atoms with E-state index >= 15 is 0 Å². The number of carbonyl (C=O) groups is 1. The van der Waals surface area contributed by atoms with Crippen LogP contribution in [0.25, 0.3) is 0 Å². The van der Waals surface area contributed by atoms with Crippen LogP contribution < -0.4 is 5.32 Å². The molecule has 0 aliphatic heterocycles. The van der Waals surface area contributed by atoms with Crippen LogP contribution in [0.15, 0.2) is 0 Å². The van der Waals surface area contributed by atoms with Crippen molar-refractivity contribution in [3.8, 4) is 0 Å². The lowest BCUT2D eigenvalue weighted by molar-refractivity contribution is -0.600. The van der Waals surface area contributed by atoms with Gasteiger partial charge in [0, 0.05) is 13.7 Å². The summed E-state index contributed by atoms with van der Waals surface area (Å²) in [6.07, 6.45) is -98.7. The molecule has 0 aromatic carbocycles. The molecule has 44 heteroatoms. The average molecular weight is 1120 g/mol. The van der Waals surface area contributed by atoms with E-state index < -0.39 is 130 Å². The Morgan fingerprint density at radius 2 is 0.632 bits per heavy atom. The van der Waals surface area contributed by atoms with Crippen LogP contribution in [0.1, 0.15) is 6.42 Å². The molecule has 0 aliphatic rings. The molecule has 0 rings (SSSR count). The molecule has 0 saturated carbocycles. The Bertz CT molecular complexity index is 1740. The zero-order valence-corrected chi connectivity index (χ0v) is 32.2. The van der Waals surface area contributed by atoms with Crippen LogP contribution >= 0.6 is 0 Å². The first kappa shape index (κ1) is 65.0. The van der Waals surface area contributed by atoms with Crippen molar-refractivity contribution in [2.75, 3.05) is 13.7 Å². The fraction of sp³-hybridized carbons (Fsp3) is 0.958. The Balaban J connectivity index is 7.91. The minimum Gasteiger partial charge on any atom is -0.420 e. The Morgan fingerprint density at radius 3 is 0.853 bits per heavy atom. The third-order valence-electron chi connectivity index (χ3n) is 7.47. The van der Waals surface area contributed by atoms with Crippen LogP contribution in [0.2, 0.25) is 19.1 Å². The second kappa shape index (κ2) is 18.2. The van der Waals surface area contributed by atoms with E-state index in [2.05, 4.69) is 0 Å². The highest BCUT2D eigenvalue weighted by atomic mass is 28.4. The summed E-state index contributed by atoms with van der Waals surface area (Å²) >= 11 is 0. The lowest BCUT2D eigenvalue weighted by atomic mass is 10.2. The van der Waals surface area contributed by atoms with Crippen molar-refractivity contribution >= 4 is 14.2 Å². The van der Waals surface area contributed by atoms with Gasteiger partial charge < -0.3 is 9.74 Å². The van der Waals surface area contributed by atoms with Gasteiger partial charge in [-0.05, 0) is 25.6 Å². The topological polar surface area (TPSA) is 84.5 Å². The zero-order valence-electron chi connectivity index (χ0n) is 31.2. The van der Waals surface area contributed by atoms with Crippen LogP contribution in [-0.2, 0) is 32.9 Å². The molecular formula is C24H16F35NO7Si. The largest absolute Gasteiger partial charge is 0.462 e. The van der Waals surface area contributed by atoms with Crippen molar-refractivity contribution in [1.82, 2.24) is 5.32 Å². The third-order valence-corrected chi connectivity index (χ3v) is 10.1. The summed E-state index contributed by atoms with van der Waals surface area (Å²) < 4.78 is 489. The Labute approximate surface area is 349 Å². The molecule has 0 heterocycles. The smallest absolute Gasteiger partial charge is 0.420 e. The molecule has 1 N–H and O–H groups in total. The molecule has 8 nitrogen and oxygen atoms in total. The summed E-state index contributed by atoms with van der Waals surface area (Å²) in [6.45, 7) is 1.12. The predicted octanol–water partition coefficient (Wildman–Crippen LogP) is 11.7. The van der Waals surface area contributed by atoms with E-state index in [1.54, 1.807) is 4.74 Å². The van der Waals surface area contributed by atoms with Gasteiger partial charge in [0.15, 0.2) is 8.32 Å². The molecule has 5 atom stereocenters. The van der Waals surface area contributed by atoms with Gasteiger partial charge in [0.25, 0.3) is 5.91 Å². The molecule has 0 bridgehead atoms. The van der Waals surface area contributed by atoms with E-state index in [1.807, 2.05) is 0 Å². The lowest BCUT2D eigenvalue weighted by Crippen LogP contribution is -2.73. The van der Waals surface area contributed by atoms with Crippen molar-refractivity contribution in [2.24, 2.45) is 0 Å². The van der Waals surface area contributed by atoms with Crippen LogP contribution in [0.5, 0.6) is 0 Å². The molecule has 0 aromatic rings. The van der Waals surface area contributed by atoms with Gasteiger partial charge in [-0.1, -0.05) is 0 Å². The van der Waals surface area contributed by atoms with Crippen molar-refractivity contribution in [3.05, 3.63) is 0 Å². The van der Waals surface area contributed by atoms with Gasteiger partial charge in [0.2, 0.25) is 0 Å². The number of alkyl halides is 35. The van der Waals surface area contributed by atoms with Crippen molar-refractivity contribution < 1.29 is 187 Å². The molecule has 0 saturated heterocycles. The standard InChI is InChI=1S/C24H16F35NO7Si/c1-62-68(2,3)6-4-5-60-7(61)8(25,14(32,33)34)63-21(52,53)10(28,16(38,39)40)65-23(56,57)12(30,18(44,45)46)67-24(58,59)13(31,19(47,48)49)66-22(54,55)11(29,17(41,42)43)64-20(50,51)9(26,27)15(35,36)37/h4-6H2,1-3H3,(H,60,61). The van der Waals surface area contributed by atoms with E-state index in [1.165, 1.54) is 13.1 Å². The van der Waals surface area contributed by atoms with Crippen molar-refractivity contribution in [1.29, 1.82) is 0 Å². The molecule has 0 aromatic heterocycles. The number of ether oxygens (including phenoxy) is 5. The maximum Gasteiger partial charge on any atom is 0.462 e. The SMILES string of the molecule is CO[Si](C)(C)CCCNC(=O)C(F)(OC(F)(F)C(F)(OC(F)(F)C(F)(OC(F)(F)C(F)(OC(F)(F)C(F)(OC(F)(F)C(F)(F)C(F)(F)F)C(F)(F)F)C(F)(F)F)C(F)(F)F)C(F)(F)F)C(F)(F)F. The number of halogens is 35. The molecular weight excluding hydrogens is 1110 g/mol. The predicted molar refractivity (Wildman–Crippen MR) is 138 cm³/mol. The number of hydrogen-bond acceptors (Lipinski definition) is 7. The number of nitrogens with one attached hydrogen (secondary N) is 1. The molecule has 1 amide bonds. The van der Waals surface area contributed by atoms with E-state index in [9.17, 15) is 158 Å². The molecule has 0 aliphatic carbocycles. The average Bonchev–Trinajstić information content (AvgIpc) is 3.05. The van der Waals surface area contributed by atoms with Crippen LogP contribution in [0, 0.1) is 0 Å². The van der Waals surface area contributed by atoms with Crippen molar-refractivity contribution in [2.45, 2.75) is 128 Å². The molecule has 68 heavy (non-hydrogen) atoms. The third kappa shape index (κ3) is 11.8. The van der Waals surface area contributed by atoms with E-state index in [0.29, 0.717) is 5.32 Å². The maximum absolute atomic E-state index is 14.9. The normalized spacial score (nSPS) is 19.9. The summed E-state index contributed by atoms with van der Waals surface area (Å²) in [4.78, 5) is 11.8. The minimum atomic E-state index is -9.61. The van der Waals surface area contributed by atoms with Gasteiger partial charge in [0.1, 0.15) is 0 Å². The Morgan fingerprint density at radius 1 is 0.382 bits per heavy atom. The Hall–Kier alpha value is -3.00. The van der Waals surface area contributed by atoms with Gasteiger partial charge in [0.05, 0.1) is 0 Å². The highest BCUT2D eigenvalue weighted by molar-refractivity contribution is 6.71. The molecule has 0 fully saturated rings. The number of carbonyl (C=O) groups excluding carboxylic acids is 1. The highest BCUT2D eigenvalue weighted by Crippen LogP contribution is 2.62. The summed E-state index contributed by atoms with van der Waals surface area (Å²) in [7, 11) is -1.86. The fourth-order valence-electron chi connectivity index (χ4n) is 3.67. The number of amides is 1. The van der Waals surface area contributed by atoms with Gasteiger partial charge in [-0.3, -0.25) is 28.5 Å². The number of rotatable bonds is 21. The molecule has 5 unspecified atom stereocenters. The first-order valence-electron chi connectivity index (χ1n) is 15.4. The summed E-state index contributed by atoms with van der Waals surface area (Å²) in [5.74, 6) is -57.4. The first-order chi connectivity index (χ1) is 29.0. The quantitative estimate of drug-likeness (QED) is 0.0696. The van der Waals surface area contributed by atoms with E-state index in [-0.39, 0.29) is 6.04 Å². The van der Waals surface area contributed by atoms with Crippen molar-refractivity contribution in [3.63, 3.8) is 0 Å². The maximum atomic E-state index is 14.9. The summed E-state index contributed by atoms with van der Waals surface area (Å²) in [5.41, 5.74) is 0. The molecule has 0 radical (unpaired) electrons. The van der Waals surface area contributed by atoms with E-state index in [0.717, 1.165) is 26.1 Å². The summed E-state index contributed by atoms with van der Waals surface area (Å²) in [6, 6.07) is -0.340. The van der Waals surface area contributed by atoms with Crippen LogP contribution in [0.3, 0.4) is 0 Å². The minimum absolute atomic E-state index is 0.340. The molecule has 408 valence electrons. The number of hydrogen-bond donors (Lipinski definition) is 1. The first-order valence-corrected chi connectivity index (χ1v) is 18.5. The zero-order chi connectivity index (χ0) is 55.6. The van der Waals surface area contributed by atoms with Gasteiger partial charge in [-0.2, -0.15) is 154 Å². The second-order valence-electron chi connectivity index (χ2n) is 13.0. The van der Waals surface area contributed by atoms with E-state index in [4.69, 9.17) is 4.43 Å². The van der Waals surface area contributed by atoms with Gasteiger partial charge in [-0.25, -0.2) is 0 Å². The highest BCUT2D eigenvalue weighted by Gasteiger charge is 2.91. The molecule has 0 spiro atoms. The monoisotopic (exact) mass is 1120 g/mol. The van der Waals surface area contributed by atoms with Crippen LogP contribution in [-0.4, -0.2) is 131 Å². The van der Waals surface area contributed by atoms with Gasteiger partial charge in [-0.15, -0.1) is 0 Å². The fourth-order valence-corrected chi connectivity index (χ4v) is 4.90.